The fraction of sp³-hybridized carbons (Fsp3) is 0.0238. The molecule has 0 saturated heterocycles. The van der Waals surface area contributed by atoms with Crippen molar-refractivity contribution >= 4 is 36.8 Å². The zero-order chi connectivity index (χ0) is 43.3. The molecule has 2 N–H and O–H groups in total. The highest BCUT2D eigenvalue weighted by atomic mass is 32.2. The van der Waals surface area contributed by atoms with Gasteiger partial charge in [-0.25, -0.2) is 0 Å². The molecule has 0 fully saturated rings. The molecule has 0 aliphatic carbocycles. The number of hydrogen-bond acceptors (Lipinski definition) is 11. The third-order valence-corrected chi connectivity index (χ3v) is 11.7. The minimum absolute atomic E-state index is 0.0109. The van der Waals surface area contributed by atoms with E-state index >= 15 is 0 Å². The van der Waals surface area contributed by atoms with Crippen molar-refractivity contribution in [2.75, 3.05) is 0 Å². The van der Waals surface area contributed by atoms with E-state index in [1.807, 2.05) is 31.2 Å². The van der Waals surface area contributed by atoms with E-state index in [1.54, 1.807) is 72.9 Å². The highest BCUT2D eigenvalue weighted by Crippen LogP contribution is 2.36. The lowest BCUT2D eigenvalue weighted by Crippen LogP contribution is -2.43. The van der Waals surface area contributed by atoms with Gasteiger partial charge in [-0.3, -0.25) is 24.2 Å². The second-order valence-corrected chi connectivity index (χ2v) is 16.6. The van der Waals surface area contributed by atoms with Crippen LogP contribution in [0.5, 0.6) is 0 Å². The fourth-order valence-electron chi connectivity index (χ4n) is 6.97. The van der Waals surface area contributed by atoms with E-state index in [0.717, 1.165) is 10.9 Å². The summed E-state index contributed by atoms with van der Waals surface area (Å²) in [5.74, 6) is -0.178. The van der Waals surface area contributed by atoms with Crippen molar-refractivity contribution in [3.63, 3.8) is 0 Å². The molecular formula is C42H30N10O8S2+2. The summed E-state index contributed by atoms with van der Waals surface area (Å²) < 4.78 is 72.9. The third-order valence-electron chi connectivity index (χ3n) is 9.81. The highest BCUT2D eigenvalue weighted by molar-refractivity contribution is 7.86. The molecule has 62 heavy (non-hydrogen) atoms. The molecule has 0 amide bonds. The number of fused-ring (bicyclic) bond motifs is 1. The van der Waals surface area contributed by atoms with Crippen molar-refractivity contribution < 1.29 is 40.5 Å². The Morgan fingerprint density at radius 1 is 0.629 bits per heavy atom. The minimum Gasteiger partial charge on any atom is -0.282 e. The smallest absolute Gasteiger partial charge is 0.282 e. The summed E-state index contributed by atoms with van der Waals surface area (Å²) in [7, 11) is -9.73. The Balaban J connectivity index is 1.23. The summed E-state index contributed by atoms with van der Waals surface area (Å²) in [6.45, 7) is 1.91. The Kier molecular flexibility index (Phi) is 9.75. The van der Waals surface area contributed by atoms with Gasteiger partial charge >= 0.3 is 11.6 Å². The topological polar surface area (TPSA) is 234 Å². The molecule has 0 aliphatic heterocycles. The maximum atomic E-state index is 13.5. The maximum Gasteiger partial charge on any atom is 0.341 e. The number of benzene rings is 6. The van der Waals surface area contributed by atoms with Crippen molar-refractivity contribution in [3.8, 4) is 56.7 Å². The largest absolute Gasteiger partial charge is 0.341 e. The van der Waals surface area contributed by atoms with E-state index in [-0.39, 0.29) is 34.0 Å². The van der Waals surface area contributed by atoms with Crippen molar-refractivity contribution in [2.24, 2.45) is 0 Å². The lowest BCUT2D eigenvalue weighted by atomic mass is 10.0. The number of hydrogen-bond donors (Lipinski definition) is 2. The summed E-state index contributed by atoms with van der Waals surface area (Å²) in [5.41, 5.74) is 3.34. The number of nitro benzene ring substituents is 1. The summed E-state index contributed by atoms with van der Waals surface area (Å²) in [5, 5.41) is 30.9. The van der Waals surface area contributed by atoms with Gasteiger partial charge in [0.05, 0.1) is 26.2 Å². The van der Waals surface area contributed by atoms with Gasteiger partial charge < -0.3 is 0 Å². The number of nitrogens with zero attached hydrogens (tertiary/aromatic N) is 10. The van der Waals surface area contributed by atoms with Crippen LogP contribution in [-0.2, 0) is 20.2 Å². The molecule has 6 aromatic carbocycles. The number of aromatic nitrogens is 9. The van der Waals surface area contributed by atoms with Gasteiger partial charge in [0, 0.05) is 38.9 Å². The van der Waals surface area contributed by atoms with Gasteiger partial charge in [-0.2, -0.15) is 16.8 Å². The van der Waals surface area contributed by atoms with Gasteiger partial charge in [0.2, 0.25) is 5.69 Å². The molecule has 0 unspecified atom stereocenters. The molecular weight excluding hydrogens is 837 g/mol. The number of para-hydroxylation sites is 1. The molecule has 3 aromatic heterocycles. The van der Waals surface area contributed by atoms with Crippen LogP contribution in [0, 0.1) is 17.0 Å². The summed E-state index contributed by atoms with van der Waals surface area (Å²) in [6.07, 6.45) is 1.61. The number of nitro groups is 1. The van der Waals surface area contributed by atoms with Gasteiger partial charge in [-0.1, -0.05) is 72.3 Å². The van der Waals surface area contributed by atoms with Crippen LogP contribution in [0.2, 0.25) is 0 Å². The summed E-state index contributed by atoms with van der Waals surface area (Å²) in [6, 6.07) is 38.6. The number of rotatable bonds is 10. The summed E-state index contributed by atoms with van der Waals surface area (Å²) >= 11 is 0. The average Bonchev–Trinajstić information content (AvgIpc) is 3.92. The van der Waals surface area contributed by atoms with Gasteiger partial charge in [-0.05, 0) is 99.0 Å². The molecule has 0 saturated carbocycles. The second-order valence-electron chi connectivity index (χ2n) is 13.8. The van der Waals surface area contributed by atoms with Crippen molar-refractivity contribution in [3.05, 3.63) is 167 Å². The number of pyridine rings is 1. The second kappa shape index (κ2) is 15.3. The average molecular weight is 867 g/mol. The molecule has 0 aliphatic rings. The van der Waals surface area contributed by atoms with E-state index in [9.17, 15) is 36.1 Å². The zero-order valence-corrected chi connectivity index (χ0v) is 33.7. The molecule has 0 radical (unpaired) electrons. The predicted molar refractivity (Wildman–Crippen MR) is 222 cm³/mol. The van der Waals surface area contributed by atoms with E-state index in [1.165, 1.54) is 73.8 Å². The first-order valence-corrected chi connectivity index (χ1v) is 21.4. The highest BCUT2D eigenvalue weighted by Gasteiger charge is 2.33. The van der Waals surface area contributed by atoms with Crippen LogP contribution < -0.4 is 9.59 Å². The van der Waals surface area contributed by atoms with Crippen LogP contribution in [0.1, 0.15) is 5.56 Å². The van der Waals surface area contributed by atoms with E-state index in [2.05, 4.69) is 15.2 Å². The lowest BCUT2D eigenvalue weighted by Gasteiger charge is -2.10. The molecule has 20 heteroatoms. The predicted octanol–water partition coefficient (Wildman–Crippen LogP) is 5.66. The summed E-state index contributed by atoms with van der Waals surface area (Å²) in [4.78, 5) is 20.1. The molecule has 0 atom stereocenters. The Bertz CT molecular complexity index is 3460. The van der Waals surface area contributed by atoms with E-state index in [4.69, 9.17) is 10.2 Å². The van der Waals surface area contributed by atoms with Crippen LogP contribution in [0.4, 0.5) is 5.69 Å². The lowest BCUT2D eigenvalue weighted by molar-refractivity contribution is -0.734. The molecule has 3 heterocycles. The standard InChI is InChI=1S/C42H28N10O8S2/c1-27-17-19-30(20-18-27)48-45-42(46-49(48)31-21-23-32(24-22-31)52(53)54)36-14-6-13-34(40(36)62(58,59)60)29-9-4-11-33(26-29)50-44-41(35-12-2-3-16-38(35)61(55,56)57)47-51(50)37-15-5-8-28-10-7-25-43-39(28)37/h2-26H,1H3/p+2. The van der Waals surface area contributed by atoms with Crippen molar-refractivity contribution in [1.29, 1.82) is 0 Å². The molecule has 18 nitrogen and oxygen atoms in total. The molecule has 9 rings (SSSR count). The molecule has 0 bridgehead atoms. The van der Waals surface area contributed by atoms with E-state index in [0.29, 0.717) is 33.8 Å². The minimum atomic E-state index is -5.02. The monoisotopic (exact) mass is 866 g/mol. The van der Waals surface area contributed by atoms with Crippen LogP contribution in [-0.4, -0.2) is 65.8 Å². The van der Waals surface area contributed by atoms with Crippen LogP contribution in [0.15, 0.2) is 162 Å². The van der Waals surface area contributed by atoms with Gasteiger partial charge in [0.15, 0.2) is 5.69 Å². The fourth-order valence-corrected chi connectivity index (χ4v) is 8.56. The Morgan fingerprint density at radius 3 is 1.98 bits per heavy atom. The van der Waals surface area contributed by atoms with Crippen molar-refractivity contribution in [1.82, 2.24) is 35.0 Å². The molecule has 306 valence electrons. The Hall–Kier alpha value is -7.91. The van der Waals surface area contributed by atoms with Gasteiger partial charge in [-0.15, -0.1) is 0 Å². The van der Waals surface area contributed by atoms with Crippen LogP contribution in [0.25, 0.3) is 67.6 Å². The van der Waals surface area contributed by atoms with Gasteiger partial charge in [0.25, 0.3) is 25.9 Å². The van der Waals surface area contributed by atoms with Crippen LogP contribution in [0.3, 0.4) is 0 Å². The number of aryl methyl sites for hydroxylation is 1. The first kappa shape index (κ1) is 39.5. The Labute approximate surface area is 351 Å². The first-order chi connectivity index (χ1) is 29.7. The normalized spacial score (nSPS) is 11.9. The number of tetrazole rings is 2. The molecule has 9 aromatic rings. The van der Waals surface area contributed by atoms with Crippen molar-refractivity contribution in [2.45, 2.75) is 16.7 Å². The van der Waals surface area contributed by atoms with Gasteiger partial charge in [0.1, 0.15) is 26.7 Å². The quantitative estimate of drug-likeness (QED) is 0.0732. The van der Waals surface area contributed by atoms with E-state index < -0.39 is 35.0 Å². The maximum absolute atomic E-state index is 13.5. The first-order valence-electron chi connectivity index (χ1n) is 18.5. The molecule has 0 spiro atoms. The zero-order valence-electron chi connectivity index (χ0n) is 32.1. The Morgan fingerprint density at radius 2 is 1.26 bits per heavy atom. The van der Waals surface area contributed by atoms with Crippen LogP contribution >= 0.6 is 0 Å². The third kappa shape index (κ3) is 7.34. The SMILES string of the molecule is Cc1ccc(-[n+]2nc(-c3cccc(-c4cccc(-n5nc(-c6ccccc6S(=O)(=O)O)n[n+]5-c5cccc6cccnc56)c4)c3S(=O)(=O)O)nn2-c2ccc([N+](=O)[O-])cc2)cc1. The number of non-ortho nitro benzene ring substituents is 1.